The average Bonchev–Trinajstić information content (AvgIpc) is 2.83. The Morgan fingerprint density at radius 1 is 1.62 bits per heavy atom. The first-order chi connectivity index (χ1) is 7.65. The van der Waals surface area contributed by atoms with Gasteiger partial charge in [-0.15, -0.1) is 0 Å². The normalized spacial score (nSPS) is 10.3. The Kier molecular flexibility index (Phi) is 2.59. The molecule has 0 aliphatic heterocycles. The van der Waals surface area contributed by atoms with Crippen molar-refractivity contribution in [2.45, 2.75) is 6.54 Å². The van der Waals surface area contributed by atoms with Crippen molar-refractivity contribution in [3.05, 3.63) is 40.4 Å². The highest BCUT2D eigenvalue weighted by Crippen LogP contribution is 2.16. The summed E-state index contributed by atoms with van der Waals surface area (Å²) in [7, 11) is 1.81. The fraction of sp³-hybridized carbons (Fsp3) is 0.222. The molecule has 16 heavy (non-hydrogen) atoms. The molecule has 7 nitrogen and oxygen atoms in total. The lowest BCUT2D eigenvalue weighted by Gasteiger charge is -1.98. The van der Waals surface area contributed by atoms with Crippen LogP contribution in [0.5, 0.6) is 0 Å². The van der Waals surface area contributed by atoms with E-state index in [1.54, 1.807) is 23.1 Å². The summed E-state index contributed by atoms with van der Waals surface area (Å²) in [6.07, 6.45) is 3.47. The molecule has 2 rings (SSSR count). The van der Waals surface area contributed by atoms with E-state index in [-0.39, 0.29) is 5.88 Å². The Labute approximate surface area is 90.8 Å². The van der Waals surface area contributed by atoms with Crippen LogP contribution in [0.15, 0.2) is 28.9 Å². The highest BCUT2D eigenvalue weighted by atomic mass is 16.6. The molecule has 84 valence electrons. The Bertz CT molecular complexity index is 502. The monoisotopic (exact) mass is 222 g/mol. The Morgan fingerprint density at radius 2 is 2.44 bits per heavy atom. The number of hydrogen-bond acceptors (Lipinski definition) is 5. The molecule has 2 aromatic rings. The van der Waals surface area contributed by atoms with Crippen LogP contribution in [0.4, 0.5) is 11.6 Å². The summed E-state index contributed by atoms with van der Waals surface area (Å²) in [5, 5.41) is 17.4. The molecule has 0 amide bonds. The van der Waals surface area contributed by atoms with Gasteiger partial charge in [-0.2, -0.15) is 5.10 Å². The molecule has 0 spiro atoms. The van der Waals surface area contributed by atoms with Crippen LogP contribution in [-0.4, -0.2) is 14.7 Å². The van der Waals surface area contributed by atoms with Gasteiger partial charge in [0.25, 0.3) is 0 Å². The third kappa shape index (κ3) is 2.19. The zero-order valence-corrected chi connectivity index (χ0v) is 8.58. The van der Waals surface area contributed by atoms with E-state index < -0.39 is 4.92 Å². The molecule has 0 radical (unpaired) electrons. The Balaban J connectivity index is 1.97. The molecule has 0 unspecified atom stereocenters. The third-order valence-electron chi connectivity index (χ3n) is 2.00. The zero-order valence-electron chi connectivity index (χ0n) is 8.58. The van der Waals surface area contributed by atoms with Crippen molar-refractivity contribution < 1.29 is 9.34 Å². The zero-order chi connectivity index (χ0) is 11.5. The van der Waals surface area contributed by atoms with Crippen LogP contribution in [0.25, 0.3) is 0 Å². The largest absolute Gasteiger partial charge is 0.433 e. The predicted molar refractivity (Wildman–Crippen MR) is 55.9 cm³/mol. The van der Waals surface area contributed by atoms with Crippen LogP contribution < -0.4 is 5.32 Å². The first-order valence-corrected chi connectivity index (χ1v) is 4.61. The number of hydrogen-bond donors (Lipinski definition) is 1. The summed E-state index contributed by atoms with van der Waals surface area (Å²) < 4.78 is 6.64. The van der Waals surface area contributed by atoms with Gasteiger partial charge in [0.05, 0.1) is 24.5 Å². The molecular weight excluding hydrogens is 212 g/mol. The van der Waals surface area contributed by atoms with Gasteiger partial charge in [-0.1, -0.05) is 0 Å². The summed E-state index contributed by atoms with van der Waals surface area (Å²) in [5.41, 5.74) is 0.835. The maximum absolute atomic E-state index is 10.4. The summed E-state index contributed by atoms with van der Waals surface area (Å²) in [6.45, 7) is 0.388. The van der Waals surface area contributed by atoms with Gasteiger partial charge in [0, 0.05) is 13.2 Å². The number of aromatic nitrogens is 2. The van der Waals surface area contributed by atoms with Crippen LogP contribution in [0.3, 0.4) is 0 Å². The van der Waals surface area contributed by atoms with Gasteiger partial charge in [-0.05, 0) is 6.07 Å². The van der Waals surface area contributed by atoms with E-state index in [1.165, 1.54) is 6.07 Å². The van der Waals surface area contributed by atoms with Gasteiger partial charge in [0.15, 0.2) is 0 Å². The molecule has 2 aromatic heterocycles. The average molecular weight is 222 g/mol. The van der Waals surface area contributed by atoms with Crippen LogP contribution in [0, 0.1) is 10.1 Å². The molecular formula is C9H10N4O3. The second-order valence-corrected chi connectivity index (χ2v) is 3.25. The first kappa shape index (κ1) is 10.2. The van der Waals surface area contributed by atoms with Crippen molar-refractivity contribution in [3.8, 4) is 0 Å². The minimum Gasteiger partial charge on any atom is -0.404 e. The van der Waals surface area contributed by atoms with Crippen LogP contribution >= 0.6 is 0 Å². The molecule has 0 atom stereocenters. The maximum Gasteiger partial charge on any atom is 0.433 e. The molecule has 7 heteroatoms. The van der Waals surface area contributed by atoms with Gasteiger partial charge in [0.2, 0.25) is 0 Å². The summed E-state index contributed by atoms with van der Waals surface area (Å²) in [4.78, 5) is 9.81. The number of nitrogens with one attached hydrogen (secondary N) is 1. The SMILES string of the molecule is Cn1cc(NCc2ccc([N+](=O)[O-])o2)cn1. The van der Waals surface area contributed by atoms with Gasteiger partial charge < -0.3 is 9.73 Å². The van der Waals surface area contributed by atoms with Crippen molar-refractivity contribution in [1.29, 1.82) is 0 Å². The second-order valence-electron chi connectivity index (χ2n) is 3.25. The lowest BCUT2D eigenvalue weighted by atomic mass is 10.4. The van der Waals surface area contributed by atoms with Crippen molar-refractivity contribution in [1.82, 2.24) is 9.78 Å². The minimum atomic E-state index is -0.562. The topological polar surface area (TPSA) is 86.1 Å². The lowest BCUT2D eigenvalue weighted by Crippen LogP contribution is -1.96. The van der Waals surface area contributed by atoms with Crippen LogP contribution in [0.2, 0.25) is 0 Å². The number of rotatable bonds is 4. The second kappa shape index (κ2) is 4.05. The Hall–Kier alpha value is -2.31. The minimum absolute atomic E-state index is 0.247. The lowest BCUT2D eigenvalue weighted by molar-refractivity contribution is -0.402. The summed E-state index contributed by atoms with van der Waals surface area (Å²) in [6, 6.07) is 2.90. The number of furan rings is 1. The quantitative estimate of drug-likeness (QED) is 0.626. The van der Waals surface area contributed by atoms with Crippen molar-refractivity contribution in [2.24, 2.45) is 7.05 Å². The highest BCUT2D eigenvalue weighted by molar-refractivity contribution is 5.38. The van der Waals surface area contributed by atoms with E-state index in [1.807, 2.05) is 7.05 Å². The van der Waals surface area contributed by atoms with Crippen LogP contribution in [0.1, 0.15) is 5.76 Å². The molecule has 0 aliphatic carbocycles. The van der Waals surface area contributed by atoms with E-state index in [0.717, 1.165) is 5.69 Å². The van der Waals surface area contributed by atoms with E-state index in [0.29, 0.717) is 12.3 Å². The fourth-order valence-electron chi connectivity index (χ4n) is 1.26. The first-order valence-electron chi connectivity index (χ1n) is 4.61. The fourth-order valence-corrected chi connectivity index (χ4v) is 1.26. The van der Waals surface area contributed by atoms with Gasteiger partial charge in [-0.25, -0.2) is 0 Å². The maximum atomic E-state index is 10.4. The molecule has 0 bridgehead atoms. The number of nitro groups is 1. The molecule has 0 saturated carbocycles. The van der Waals surface area contributed by atoms with Crippen molar-refractivity contribution >= 4 is 11.6 Å². The van der Waals surface area contributed by atoms with Crippen molar-refractivity contribution in [3.63, 3.8) is 0 Å². The van der Waals surface area contributed by atoms with Gasteiger partial charge in [-0.3, -0.25) is 14.8 Å². The smallest absolute Gasteiger partial charge is 0.404 e. The summed E-state index contributed by atoms with van der Waals surface area (Å²) >= 11 is 0. The number of aryl methyl sites for hydroxylation is 1. The van der Waals surface area contributed by atoms with E-state index in [9.17, 15) is 10.1 Å². The molecule has 0 saturated heterocycles. The van der Waals surface area contributed by atoms with Gasteiger partial charge >= 0.3 is 5.88 Å². The number of nitrogens with zero attached hydrogens (tertiary/aromatic N) is 3. The number of anilines is 1. The molecule has 2 heterocycles. The highest BCUT2D eigenvalue weighted by Gasteiger charge is 2.11. The molecule has 1 N–H and O–H groups in total. The van der Waals surface area contributed by atoms with Gasteiger partial charge in [0.1, 0.15) is 10.7 Å². The standard InChI is InChI=1S/C9H10N4O3/c1-12-6-7(4-11-12)10-5-8-2-3-9(16-8)13(14)15/h2-4,6,10H,5H2,1H3. The predicted octanol–water partition coefficient (Wildman–Crippen LogP) is 1.53. The van der Waals surface area contributed by atoms with E-state index >= 15 is 0 Å². The third-order valence-corrected chi connectivity index (χ3v) is 2.00. The Morgan fingerprint density at radius 3 is 3.00 bits per heavy atom. The molecule has 0 fully saturated rings. The van der Waals surface area contributed by atoms with E-state index in [2.05, 4.69) is 10.4 Å². The molecule has 0 aliphatic rings. The van der Waals surface area contributed by atoms with E-state index in [4.69, 9.17) is 4.42 Å². The summed E-state index contributed by atoms with van der Waals surface area (Å²) in [5.74, 6) is 0.263. The van der Waals surface area contributed by atoms with Crippen molar-refractivity contribution in [2.75, 3.05) is 5.32 Å². The molecule has 0 aromatic carbocycles. The van der Waals surface area contributed by atoms with Crippen LogP contribution in [-0.2, 0) is 13.6 Å².